The van der Waals surface area contributed by atoms with Crippen molar-refractivity contribution in [2.75, 3.05) is 0 Å². The lowest BCUT2D eigenvalue weighted by Gasteiger charge is -2.12. The number of carbonyl (C=O) groups is 1. The molecule has 6 heteroatoms. The molecule has 0 amide bonds. The number of halogens is 3. The van der Waals surface area contributed by atoms with E-state index in [2.05, 4.69) is 31.9 Å². The van der Waals surface area contributed by atoms with Gasteiger partial charge in [-0.3, -0.25) is 0 Å². The Kier molecular flexibility index (Phi) is 6.06. The molecular formula is C16H11Br2ClO3. The zero-order valence-corrected chi connectivity index (χ0v) is 15.2. The first kappa shape index (κ1) is 17.1. The fraction of sp³-hybridized carbons (Fsp3) is 0.0625. The van der Waals surface area contributed by atoms with Crippen molar-refractivity contribution in [3.8, 4) is 5.75 Å². The summed E-state index contributed by atoms with van der Waals surface area (Å²) in [5.41, 5.74) is 1.63. The maximum atomic E-state index is 10.6. The van der Waals surface area contributed by atoms with Gasteiger partial charge in [0.15, 0.2) is 0 Å². The van der Waals surface area contributed by atoms with Crippen molar-refractivity contribution < 1.29 is 14.6 Å². The van der Waals surface area contributed by atoms with Gasteiger partial charge in [-0.2, -0.15) is 0 Å². The summed E-state index contributed by atoms with van der Waals surface area (Å²) in [7, 11) is 0. The van der Waals surface area contributed by atoms with Crippen LogP contribution < -0.4 is 4.74 Å². The Morgan fingerprint density at radius 2 is 1.86 bits per heavy atom. The number of ether oxygens (including phenoxy) is 1. The largest absolute Gasteiger partial charge is 0.486 e. The zero-order valence-electron chi connectivity index (χ0n) is 11.2. The summed E-state index contributed by atoms with van der Waals surface area (Å²) in [6, 6.07) is 11.0. The van der Waals surface area contributed by atoms with Gasteiger partial charge in [-0.25, -0.2) is 4.79 Å². The summed E-state index contributed by atoms with van der Waals surface area (Å²) in [4.78, 5) is 10.6. The molecular weight excluding hydrogens is 435 g/mol. The topological polar surface area (TPSA) is 46.5 Å². The Bertz CT molecular complexity index is 706. The molecule has 0 saturated heterocycles. The van der Waals surface area contributed by atoms with Crippen LogP contribution in [0.3, 0.4) is 0 Å². The van der Waals surface area contributed by atoms with Crippen LogP contribution in [0.15, 0.2) is 51.4 Å². The highest BCUT2D eigenvalue weighted by Crippen LogP contribution is 2.36. The predicted molar refractivity (Wildman–Crippen MR) is 94.3 cm³/mol. The third-order valence-corrected chi connectivity index (χ3v) is 4.32. The van der Waals surface area contributed by atoms with Crippen LogP contribution >= 0.6 is 43.5 Å². The van der Waals surface area contributed by atoms with E-state index < -0.39 is 5.97 Å². The van der Waals surface area contributed by atoms with Gasteiger partial charge in [0, 0.05) is 16.7 Å². The Hall–Kier alpha value is -1.30. The van der Waals surface area contributed by atoms with E-state index in [9.17, 15) is 4.79 Å². The van der Waals surface area contributed by atoms with Crippen LogP contribution in [0.1, 0.15) is 11.1 Å². The summed E-state index contributed by atoms with van der Waals surface area (Å²) in [6.07, 6.45) is 2.59. The summed E-state index contributed by atoms with van der Waals surface area (Å²) >= 11 is 13.0. The third-order valence-electron chi connectivity index (χ3n) is 2.77. The van der Waals surface area contributed by atoms with Crippen LogP contribution in [-0.4, -0.2) is 11.1 Å². The molecule has 2 aromatic carbocycles. The Morgan fingerprint density at radius 1 is 1.23 bits per heavy atom. The van der Waals surface area contributed by atoms with Crippen LogP contribution in [-0.2, 0) is 11.4 Å². The van der Waals surface area contributed by atoms with Crippen LogP contribution in [0.5, 0.6) is 5.75 Å². The normalized spacial score (nSPS) is 10.9. The number of hydrogen-bond donors (Lipinski definition) is 1. The van der Waals surface area contributed by atoms with Gasteiger partial charge in [0.05, 0.1) is 8.95 Å². The lowest BCUT2D eigenvalue weighted by Crippen LogP contribution is -1.98. The van der Waals surface area contributed by atoms with E-state index in [1.165, 1.54) is 6.08 Å². The first-order valence-corrected chi connectivity index (χ1v) is 8.20. The Morgan fingerprint density at radius 3 is 2.45 bits per heavy atom. The maximum absolute atomic E-state index is 10.6. The maximum Gasteiger partial charge on any atom is 0.328 e. The molecule has 0 radical (unpaired) electrons. The lowest BCUT2D eigenvalue weighted by molar-refractivity contribution is -0.131. The lowest BCUT2D eigenvalue weighted by atomic mass is 10.2. The van der Waals surface area contributed by atoms with Crippen molar-refractivity contribution >= 4 is 55.5 Å². The summed E-state index contributed by atoms with van der Waals surface area (Å²) < 4.78 is 7.24. The van der Waals surface area contributed by atoms with E-state index >= 15 is 0 Å². The molecule has 0 aliphatic heterocycles. The second kappa shape index (κ2) is 7.81. The van der Waals surface area contributed by atoms with E-state index in [0.717, 1.165) is 26.1 Å². The molecule has 114 valence electrons. The minimum atomic E-state index is -0.994. The molecule has 22 heavy (non-hydrogen) atoms. The van der Waals surface area contributed by atoms with Gasteiger partial charge in [0.25, 0.3) is 0 Å². The van der Waals surface area contributed by atoms with Crippen LogP contribution in [0.4, 0.5) is 0 Å². The van der Waals surface area contributed by atoms with Gasteiger partial charge in [-0.15, -0.1) is 0 Å². The summed E-state index contributed by atoms with van der Waals surface area (Å²) in [5, 5.41) is 9.31. The van der Waals surface area contributed by atoms with Gasteiger partial charge in [-0.05, 0) is 61.7 Å². The average Bonchev–Trinajstić information content (AvgIpc) is 2.46. The molecule has 0 spiro atoms. The molecule has 1 N–H and O–H groups in total. The first-order chi connectivity index (χ1) is 10.5. The highest BCUT2D eigenvalue weighted by molar-refractivity contribution is 9.11. The van der Waals surface area contributed by atoms with Gasteiger partial charge in [0.2, 0.25) is 0 Å². The van der Waals surface area contributed by atoms with E-state index in [1.54, 1.807) is 12.1 Å². The SMILES string of the molecule is O=C(O)C=Cc1cc(Br)c(OCc2ccccc2Cl)c(Br)c1. The van der Waals surface area contributed by atoms with Crippen LogP contribution in [0.2, 0.25) is 5.02 Å². The number of carboxylic acids is 1. The van der Waals surface area contributed by atoms with Gasteiger partial charge in [-0.1, -0.05) is 29.8 Å². The monoisotopic (exact) mass is 444 g/mol. The number of carboxylic acid groups (broad SMARTS) is 1. The molecule has 0 atom stereocenters. The zero-order chi connectivity index (χ0) is 16.1. The van der Waals surface area contributed by atoms with E-state index in [1.807, 2.05) is 24.3 Å². The fourth-order valence-corrected chi connectivity index (χ4v) is 3.39. The number of hydrogen-bond acceptors (Lipinski definition) is 2. The van der Waals surface area contributed by atoms with Crippen LogP contribution in [0.25, 0.3) is 6.08 Å². The molecule has 0 bridgehead atoms. The molecule has 0 fully saturated rings. The molecule has 0 aliphatic carbocycles. The molecule has 2 rings (SSSR count). The van der Waals surface area contributed by atoms with Gasteiger partial charge in [0.1, 0.15) is 12.4 Å². The fourth-order valence-electron chi connectivity index (χ4n) is 1.75. The minimum Gasteiger partial charge on any atom is -0.486 e. The third kappa shape index (κ3) is 4.60. The summed E-state index contributed by atoms with van der Waals surface area (Å²) in [5.74, 6) is -0.362. The molecule has 0 aromatic heterocycles. The van der Waals surface area contributed by atoms with E-state index in [0.29, 0.717) is 17.4 Å². The minimum absolute atomic E-state index is 0.335. The predicted octanol–water partition coefficient (Wildman–Crippen LogP) is 5.54. The first-order valence-electron chi connectivity index (χ1n) is 6.23. The molecule has 0 unspecified atom stereocenters. The number of benzene rings is 2. The van der Waals surface area contributed by atoms with Crippen molar-refractivity contribution in [1.82, 2.24) is 0 Å². The van der Waals surface area contributed by atoms with E-state index in [4.69, 9.17) is 21.4 Å². The highest BCUT2D eigenvalue weighted by atomic mass is 79.9. The van der Waals surface area contributed by atoms with Crippen molar-refractivity contribution in [1.29, 1.82) is 0 Å². The second-order valence-corrected chi connectivity index (χ2v) is 6.48. The van der Waals surface area contributed by atoms with Crippen molar-refractivity contribution in [2.24, 2.45) is 0 Å². The van der Waals surface area contributed by atoms with Crippen molar-refractivity contribution in [3.63, 3.8) is 0 Å². The van der Waals surface area contributed by atoms with Gasteiger partial charge >= 0.3 is 5.97 Å². The van der Waals surface area contributed by atoms with E-state index in [-0.39, 0.29) is 0 Å². The molecule has 0 saturated carbocycles. The Balaban J connectivity index is 2.18. The summed E-state index contributed by atoms with van der Waals surface area (Å²) in [6.45, 7) is 0.335. The highest BCUT2D eigenvalue weighted by Gasteiger charge is 2.09. The molecule has 2 aromatic rings. The number of rotatable bonds is 5. The smallest absolute Gasteiger partial charge is 0.328 e. The molecule has 0 aliphatic rings. The Labute approximate surface area is 149 Å². The quantitative estimate of drug-likeness (QED) is 0.614. The standard InChI is InChI=1S/C16H11Br2ClO3/c17-12-7-10(5-6-15(20)21)8-13(18)16(12)22-9-11-3-1-2-4-14(11)19/h1-8H,9H2,(H,20,21). The average molecular weight is 447 g/mol. The van der Waals surface area contributed by atoms with Crippen molar-refractivity contribution in [3.05, 3.63) is 67.6 Å². The van der Waals surface area contributed by atoms with Crippen LogP contribution in [0, 0.1) is 0 Å². The van der Waals surface area contributed by atoms with Gasteiger partial charge < -0.3 is 9.84 Å². The molecule has 3 nitrogen and oxygen atoms in total. The van der Waals surface area contributed by atoms with Crippen molar-refractivity contribution in [2.45, 2.75) is 6.61 Å². The number of aliphatic carboxylic acids is 1. The molecule has 0 heterocycles. The second-order valence-electron chi connectivity index (χ2n) is 4.37.